The first kappa shape index (κ1) is 18.5. The van der Waals surface area contributed by atoms with Crippen molar-refractivity contribution in [2.24, 2.45) is 5.73 Å². The van der Waals surface area contributed by atoms with E-state index >= 15 is 0 Å². The summed E-state index contributed by atoms with van der Waals surface area (Å²) in [6.07, 6.45) is -3.27. The number of amides is 1. The molecule has 26 heavy (non-hydrogen) atoms. The molecule has 9 heteroatoms. The highest BCUT2D eigenvalue weighted by molar-refractivity contribution is 9.10. The zero-order valence-electron chi connectivity index (χ0n) is 13.5. The van der Waals surface area contributed by atoms with Crippen LogP contribution in [0.2, 0.25) is 0 Å². The standard InChI is InChI=1S/C17H15BrF3N3O2/c18-11-2-3-14(13(7-11)16(22)25)24-6-5-12(9-24)26-15-4-1-10(8-23-15)17(19,20)21/h1-4,7-8,12H,5-6,9H2,(H2,22,25)/t12-/m0/s1. The fourth-order valence-electron chi connectivity index (χ4n) is 2.81. The number of anilines is 1. The van der Waals surface area contributed by atoms with E-state index in [0.29, 0.717) is 30.8 Å². The maximum Gasteiger partial charge on any atom is 0.417 e. The number of halogens is 4. The molecule has 0 saturated carbocycles. The zero-order chi connectivity index (χ0) is 18.9. The topological polar surface area (TPSA) is 68.5 Å². The van der Waals surface area contributed by atoms with Crippen molar-refractivity contribution < 1.29 is 22.7 Å². The highest BCUT2D eigenvalue weighted by Gasteiger charge is 2.31. The lowest BCUT2D eigenvalue weighted by atomic mass is 10.1. The fourth-order valence-corrected chi connectivity index (χ4v) is 3.17. The van der Waals surface area contributed by atoms with Gasteiger partial charge in [-0.3, -0.25) is 4.79 Å². The molecule has 1 aliphatic rings. The van der Waals surface area contributed by atoms with Gasteiger partial charge in [0.15, 0.2) is 0 Å². The monoisotopic (exact) mass is 429 g/mol. The Balaban J connectivity index is 1.69. The van der Waals surface area contributed by atoms with Gasteiger partial charge in [0.2, 0.25) is 5.88 Å². The van der Waals surface area contributed by atoms with Crippen LogP contribution in [-0.4, -0.2) is 30.1 Å². The van der Waals surface area contributed by atoms with Crippen molar-refractivity contribution >= 4 is 27.5 Å². The van der Waals surface area contributed by atoms with E-state index in [1.54, 1.807) is 12.1 Å². The Bertz CT molecular complexity index is 812. The average Bonchev–Trinajstić information content (AvgIpc) is 3.02. The normalized spacial score (nSPS) is 17.4. The van der Waals surface area contributed by atoms with Gasteiger partial charge in [-0.25, -0.2) is 4.98 Å². The van der Waals surface area contributed by atoms with E-state index in [4.69, 9.17) is 10.5 Å². The van der Waals surface area contributed by atoms with E-state index in [0.717, 1.165) is 16.7 Å². The van der Waals surface area contributed by atoms with Crippen LogP contribution < -0.4 is 15.4 Å². The molecular formula is C17H15BrF3N3O2. The van der Waals surface area contributed by atoms with E-state index in [1.165, 1.54) is 6.07 Å². The molecule has 1 aliphatic heterocycles. The maximum atomic E-state index is 12.6. The number of hydrogen-bond donors (Lipinski definition) is 1. The Hall–Kier alpha value is -2.29. The first-order valence-corrected chi connectivity index (χ1v) is 8.57. The number of hydrogen-bond acceptors (Lipinski definition) is 4. The zero-order valence-corrected chi connectivity index (χ0v) is 15.0. The molecule has 2 heterocycles. The van der Waals surface area contributed by atoms with E-state index in [2.05, 4.69) is 20.9 Å². The Morgan fingerprint density at radius 3 is 2.69 bits per heavy atom. The third-order valence-electron chi connectivity index (χ3n) is 4.06. The van der Waals surface area contributed by atoms with Crippen LogP contribution in [0.1, 0.15) is 22.3 Å². The van der Waals surface area contributed by atoms with Crippen molar-refractivity contribution in [1.29, 1.82) is 0 Å². The van der Waals surface area contributed by atoms with Gasteiger partial charge in [-0.15, -0.1) is 0 Å². The molecule has 138 valence electrons. The molecule has 2 aromatic rings. The number of benzene rings is 1. The molecule has 1 aromatic heterocycles. The van der Waals surface area contributed by atoms with Gasteiger partial charge in [0.25, 0.3) is 5.91 Å². The minimum Gasteiger partial charge on any atom is -0.472 e. The third-order valence-corrected chi connectivity index (χ3v) is 4.55. The van der Waals surface area contributed by atoms with E-state index in [-0.39, 0.29) is 12.0 Å². The molecule has 5 nitrogen and oxygen atoms in total. The molecule has 1 atom stereocenters. The number of ether oxygens (including phenoxy) is 1. The van der Waals surface area contributed by atoms with E-state index in [9.17, 15) is 18.0 Å². The van der Waals surface area contributed by atoms with E-state index < -0.39 is 17.6 Å². The lowest BCUT2D eigenvalue weighted by Crippen LogP contribution is -2.27. The maximum absolute atomic E-state index is 12.6. The van der Waals surface area contributed by atoms with Crippen LogP contribution in [-0.2, 0) is 6.18 Å². The molecular weight excluding hydrogens is 415 g/mol. The number of nitrogens with two attached hydrogens (primary N) is 1. The second kappa shape index (κ2) is 7.14. The van der Waals surface area contributed by atoms with Gasteiger partial charge in [-0.1, -0.05) is 15.9 Å². The Morgan fingerprint density at radius 2 is 2.08 bits per heavy atom. The molecule has 0 radical (unpaired) electrons. The average molecular weight is 430 g/mol. The largest absolute Gasteiger partial charge is 0.472 e. The molecule has 0 aliphatic carbocycles. The summed E-state index contributed by atoms with van der Waals surface area (Å²) in [6.45, 7) is 1.11. The van der Waals surface area contributed by atoms with Crippen LogP contribution in [0.5, 0.6) is 5.88 Å². The van der Waals surface area contributed by atoms with Crippen molar-refractivity contribution in [1.82, 2.24) is 4.98 Å². The van der Waals surface area contributed by atoms with Gasteiger partial charge in [-0.05, 0) is 24.3 Å². The molecule has 1 saturated heterocycles. The predicted molar refractivity (Wildman–Crippen MR) is 93.1 cm³/mol. The van der Waals surface area contributed by atoms with Gasteiger partial charge in [0.05, 0.1) is 17.7 Å². The number of pyridine rings is 1. The number of primary amides is 1. The minimum atomic E-state index is -4.43. The Kier molecular flexibility index (Phi) is 5.08. The number of nitrogens with zero attached hydrogens (tertiary/aromatic N) is 2. The summed E-state index contributed by atoms with van der Waals surface area (Å²) < 4.78 is 44.1. The molecule has 0 unspecified atom stereocenters. The van der Waals surface area contributed by atoms with Crippen LogP contribution in [0.25, 0.3) is 0 Å². The lowest BCUT2D eigenvalue weighted by molar-refractivity contribution is -0.137. The number of carbonyl (C=O) groups excluding carboxylic acids is 1. The second-order valence-corrected chi connectivity index (χ2v) is 6.80. The van der Waals surface area contributed by atoms with Crippen LogP contribution >= 0.6 is 15.9 Å². The van der Waals surface area contributed by atoms with Crippen molar-refractivity contribution in [2.75, 3.05) is 18.0 Å². The number of carbonyl (C=O) groups is 1. The van der Waals surface area contributed by atoms with Gasteiger partial charge < -0.3 is 15.4 Å². The summed E-state index contributed by atoms with van der Waals surface area (Å²) in [5.74, 6) is -0.397. The Labute approximate surface area is 156 Å². The fraction of sp³-hybridized carbons (Fsp3) is 0.294. The third kappa shape index (κ3) is 4.09. The van der Waals surface area contributed by atoms with Crippen LogP contribution in [0.15, 0.2) is 41.0 Å². The van der Waals surface area contributed by atoms with Crippen molar-refractivity contribution in [3.63, 3.8) is 0 Å². The number of alkyl halides is 3. The molecule has 0 bridgehead atoms. The first-order valence-electron chi connectivity index (χ1n) is 7.78. The molecule has 3 rings (SSSR count). The predicted octanol–water partition coefficient (Wildman–Crippen LogP) is 3.62. The van der Waals surface area contributed by atoms with Crippen LogP contribution in [0.4, 0.5) is 18.9 Å². The summed E-state index contributed by atoms with van der Waals surface area (Å²) in [4.78, 5) is 17.3. The summed E-state index contributed by atoms with van der Waals surface area (Å²) in [6, 6.07) is 7.41. The van der Waals surface area contributed by atoms with Crippen LogP contribution in [0, 0.1) is 0 Å². The van der Waals surface area contributed by atoms with Crippen molar-refractivity contribution in [2.45, 2.75) is 18.7 Å². The number of aromatic nitrogens is 1. The highest BCUT2D eigenvalue weighted by atomic mass is 79.9. The summed E-state index contributed by atoms with van der Waals surface area (Å²) in [5.41, 5.74) is 5.72. The lowest BCUT2D eigenvalue weighted by Gasteiger charge is -2.21. The van der Waals surface area contributed by atoms with Gasteiger partial charge >= 0.3 is 6.18 Å². The summed E-state index contributed by atoms with van der Waals surface area (Å²) in [7, 11) is 0. The SMILES string of the molecule is NC(=O)c1cc(Br)ccc1N1CC[C@H](Oc2ccc(C(F)(F)F)cn2)C1. The van der Waals surface area contributed by atoms with E-state index in [1.807, 2.05) is 11.0 Å². The number of rotatable bonds is 4. The van der Waals surface area contributed by atoms with Crippen molar-refractivity contribution in [3.8, 4) is 5.88 Å². The minimum absolute atomic E-state index is 0.135. The van der Waals surface area contributed by atoms with Gasteiger partial charge in [0, 0.05) is 35.4 Å². The summed E-state index contributed by atoms with van der Waals surface area (Å²) >= 11 is 3.31. The first-order chi connectivity index (χ1) is 12.2. The summed E-state index contributed by atoms with van der Waals surface area (Å²) in [5, 5.41) is 0. The highest BCUT2D eigenvalue weighted by Crippen LogP contribution is 2.31. The molecule has 1 amide bonds. The van der Waals surface area contributed by atoms with Crippen molar-refractivity contribution in [3.05, 3.63) is 52.1 Å². The Morgan fingerprint density at radius 1 is 1.31 bits per heavy atom. The van der Waals surface area contributed by atoms with Crippen LogP contribution in [0.3, 0.4) is 0 Å². The van der Waals surface area contributed by atoms with Gasteiger partial charge in [-0.2, -0.15) is 13.2 Å². The molecule has 2 N–H and O–H groups in total. The molecule has 1 aromatic carbocycles. The smallest absolute Gasteiger partial charge is 0.417 e. The molecule has 0 spiro atoms. The molecule has 1 fully saturated rings. The quantitative estimate of drug-likeness (QED) is 0.805. The second-order valence-electron chi connectivity index (χ2n) is 5.88. The van der Waals surface area contributed by atoms with Gasteiger partial charge in [0.1, 0.15) is 6.10 Å².